The molecule has 20 heavy (non-hydrogen) atoms. The van der Waals surface area contributed by atoms with E-state index in [4.69, 9.17) is 0 Å². The average molecular weight is 254 g/mol. The molecule has 2 aromatic carbocycles. The molecule has 0 bridgehead atoms. The molecule has 0 aliphatic rings. The largest absolute Gasteiger partial charge is 0.128 e. The van der Waals surface area contributed by atoms with Crippen LogP contribution in [0.5, 0.6) is 0 Å². The van der Waals surface area contributed by atoms with E-state index in [1.165, 1.54) is 0 Å². The Bertz CT molecular complexity index is 669. The zero-order chi connectivity index (χ0) is 14.2. The summed E-state index contributed by atoms with van der Waals surface area (Å²) in [6.07, 6.45) is 3.67. The molecule has 0 nitrogen and oxygen atoms in total. The van der Waals surface area contributed by atoms with Gasteiger partial charge in [-0.25, -0.2) is 0 Å². The van der Waals surface area contributed by atoms with Gasteiger partial charge in [0, 0.05) is 11.1 Å². The van der Waals surface area contributed by atoms with E-state index in [9.17, 15) is 0 Å². The van der Waals surface area contributed by atoms with Crippen molar-refractivity contribution >= 4 is 12.2 Å². The van der Waals surface area contributed by atoms with Gasteiger partial charge in [-0.05, 0) is 47.5 Å². The van der Waals surface area contributed by atoms with E-state index in [1.807, 2.05) is 60.7 Å². The molecule has 0 unspecified atom stereocenters. The molecular weight excluding hydrogens is 240 g/mol. The molecule has 0 saturated heterocycles. The fraction of sp³-hybridized carbons (Fsp3) is 0. The maximum atomic E-state index is 3.56. The lowest BCUT2D eigenvalue weighted by atomic mass is 10.1. The van der Waals surface area contributed by atoms with Crippen LogP contribution in [-0.4, -0.2) is 0 Å². The van der Waals surface area contributed by atoms with Crippen LogP contribution in [-0.2, 0) is 0 Å². The van der Waals surface area contributed by atoms with Crippen molar-refractivity contribution in [1.29, 1.82) is 0 Å². The molecule has 0 radical (unpaired) electrons. The van der Waals surface area contributed by atoms with Crippen LogP contribution in [0.2, 0.25) is 0 Å². The van der Waals surface area contributed by atoms with Gasteiger partial charge in [-0.2, -0.15) is 0 Å². The summed E-state index contributed by atoms with van der Waals surface area (Å²) in [5.74, 6) is 6.29. The van der Waals surface area contributed by atoms with Crippen molar-refractivity contribution in [3.8, 4) is 11.8 Å². The molecule has 0 fully saturated rings. The minimum absolute atomic E-state index is 0.987. The summed E-state index contributed by atoms with van der Waals surface area (Å²) in [5.41, 5.74) is 9.63. The van der Waals surface area contributed by atoms with Gasteiger partial charge >= 0.3 is 0 Å². The number of benzene rings is 2. The predicted molar refractivity (Wildman–Crippen MR) is 86.1 cm³/mol. The van der Waals surface area contributed by atoms with Crippen LogP contribution < -0.4 is 0 Å². The van der Waals surface area contributed by atoms with Crippen LogP contribution in [0.1, 0.15) is 22.3 Å². The summed E-state index contributed by atoms with van der Waals surface area (Å²) in [4.78, 5) is 0. The summed E-state index contributed by atoms with van der Waals surface area (Å²) >= 11 is 0. The van der Waals surface area contributed by atoms with Gasteiger partial charge in [0.1, 0.15) is 0 Å². The Kier molecular flexibility index (Phi) is 4.60. The predicted octanol–water partition coefficient (Wildman–Crippen LogP) is 4.68. The Hall–Kier alpha value is -2.96. The highest BCUT2D eigenvalue weighted by Gasteiger charge is 1.90. The van der Waals surface area contributed by atoms with Crippen molar-refractivity contribution in [2.24, 2.45) is 0 Å². The smallest absolute Gasteiger partial charge is 0.0249 e. The zero-order valence-electron chi connectivity index (χ0n) is 11.2. The molecule has 2 rings (SSSR count). The average Bonchev–Trinajstić information content (AvgIpc) is 2.49. The maximum Gasteiger partial charge on any atom is 0.0249 e. The van der Waals surface area contributed by atoms with Crippen LogP contribution in [0.15, 0.2) is 73.2 Å². The molecule has 0 aromatic heterocycles. The van der Waals surface area contributed by atoms with Crippen LogP contribution in [0.25, 0.3) is 12.2 Å². The Morgan fingerprint density at radius 1 is 0.600 bits per heavy atom. The lowest BCUT2D eigenvalue weighted by molar-refractivity contribution is 1.59. The molecule has 0 N–H and O–H groups in total. The Balaban J connectivity index is 2.17. The van der Waals surface area contributed by atoms with Crippen molar-refractivity contribution in [3.05, 3.63) is 95.4 Å². The Labute approximate surface area is 120 Å². The second kappa shape index (κ2) is 6.83. The summed E-state index contributed by atoms with van der Waals surface area (Å²) in [7, 11) is 0. The fourth-order valence-corrected chi connectivity index (χ4v) is 1.71. The highest BCUT2D eigenvalue weighted by Crippen LogP contribution is 2.07. The molecule has 0 heteroatoms. The van der Waals surface area contributed by atoms with E-state index in [0.29, 0.717) is 0 Å². The van der Waals surface area contributed by atoms with Gasteiger partial charge in [0.2, 0.25) is 0 Å². The van der Waals surface area contributed by atoms with Gasteiger partial charge in [0.25, 0.3) is 0 Å². The van der Waals surface area contributed by atoms with Gasteiger partial charge in [0.05, 0.1) is 0 Å². The van der Waals surface area contributed by atoms with Crippen LogP contribution in [0.3, 0.4) is 0 Å². The van der Waals surface area contributed by atoms with E-state index in [-0.39, 0.29) is 0 Å². The third-order valence-corrected chi connectivity index (χ3v) is 2.71. The first-order chi connectivity index (χ1) is 9.81. The standard InChI is InChI=1S/C20H14/c1-3-5-17-7-11-19(12-8-17)15-16-20-13-9-18(6-4-2)10-14-20/h5-14H,1-2H2. The van der Waals surface area contributed by atoms with Gasteiger partial charge in [-0.1, -0.05) is 49.3 Å². The minimum Gasteiger partial charge on any atom is -0.128 e. The monoisotopic (exact) mass is 254 g/mol. The second-order valence-corrected chi connectivity index (χ2v) is 4.19. The zero-order valence-corrected chi connectivity index (χ0v) is 11.2. The van der Waals surface area contributed by atoms with Crippen molar-refractivity contribution in [3.63, 3.8) is 0 Å². The minimum atomic E-state index is 0.987. The second-order valence-electron chi connectivity index (χ2n) is 4.19. The van der Waals surface area contributed by atoms with E-state index >= 15 is 0 Å². The van der Waals surface area contributed by atoms with E-state index < -0.39 is 0 Å². The topological polar surface area (TPSA) is 0 Å². The quantitative estimate of drug-likeness (QED) is 0.539. The normalized spacial score (nSPS) is 8.60. The molecular formula is C20H14. The van der Waals surface area contributed by atoms with E-state index in [2.05, 4.69) is 36.5 Å². The SMILES string of the molecule is C=C=Cc1ccc(C#Cc2ccc(C=C=C)cc2)cc1. The third-order valence-electron chi connectivity index (χ3n) is 2.71. The summed E-state index contributed by atoms with van der Waals surface area (Å²) in [5, 5.41) is 0. The lowest BCUT2D eigenvalue weighted by Gasteiger charge is -1.94. The molecule has 0 saturated carbocycles. The summed E-state index contributed by atoms with van der Waals surface area (Å²) < 4.78 is 0. The molecule has 0 aliphatic heterocycles. The van der Waals surface area contributed by atoms with Crippen LogP contribution in [0.4, 0.5) is 0 Å². The van der Waals surface area contributed by atoms with Crippen molar-refractivity contribution < 1.29 is 0 Å². The highest BCUT2D eigenvalue weighted by atomic mass is 13.9. The van der Waals surface area contributed by atoms with Crippen LogP contribution in [0, 0.1) is 11.8 Å². The number of hydrogen-bond acceptors (Lipinski definition) is 0. The van der Waals surface area contributed by atoms with E-state index in [1.54, 1.807) is 0 Å². The van der Waals surface area contributed by atoms with Gasteiger partial charge < -0.3 is 0 Å². The van der Waals surface area contributed by atoms with Gasteiger partial charge in [0.15, 0.2) is 0 Å². The first-order valence-electron chi connectivity index (χ1n) is 6.25. The number of hydrogen-bond donors (Lipinski definition) is 0. The third kappa shape index (κ3) is 3.77. The van der Waals surface area contributed by atoms with Gasteiger partial charge in [-0.3, -0.25) is 0 Å². The van der Waals surface area contributed by atoms with Crippen LogP contribution >= 0.6 is 0 Å². The summed E-state index contributed by atoms with van der Waals surface area (Å²) in [6.45, 7) is 7.11. The summed E-state index contributed by atoms with van der Waals surface area (Å²) in [6, 6.07) is 16.0. The Morgan fingerprint density at radius 3 is 1.25 bits per heavy atom. The molecule has 0 atom stereocenters. The fourth-order valence-electron chi connectivity index (χ4n) is 1.71. The van der Waals surface area contributed by atoms with Gasteiger partial charge in [-0.15, -0.1) is 11.5 Å². The maximum absolute atomic E-state index is 3.56. The highest BCUT2D eigenvalue weighted by molar-refractivity contribution is 5.53. The lowest BCUT2D eigenvalue weighted by Crippen LogP contribution is -1.78. The number of rotatable bonds is 2. The molecule has 0 heterocycles. The van der Waals surface area contributed by atoms with Crippen molar-refractivity contribution in [2.45, 2.75) is 0 Å². The molecule has 0 amide bonds. The van der Waals surface area contributed by atoms with E-state index in [0.717, 1.165) is 22.3 Å². The molecule has 0 spiro atoms. The van der Waals surface area contributed by atoms with Crippen molar-refractivity contribution in [1.82, 2.24) is 0 Å². The first kappa shape index (κ1) is 13.5. The first-order valence-corrected chi connectivity index (χ1v) is 6.25. The molecule has 2 aromatic rings. The molecule has 94 valence electrons. The van der Waals surface area contributed by atoms with Crippen molar-refractivity contribution in [2.75, 3.05) is 0 Å². The Morgan fingerprint density at radius 2 is 0.950 bits per heavy atom. The molecule has 0 aliphatic carbocycles.